The van der Waals surface area contributed by atoms with Crippen molar-refractivity contribution < 1.29 is 4.39 Å². The molecular formula is C23H52FN. The molecule has 0 amide bonds. The molecule has 0 aromatic heterocycles. The Morgan fingerprint density at radius 3 is 1.68 bits per heavy atom. The number of halogens is 1. The highest BCUT2D eigenvalue weighted by Crippen LogP contribution is 2.38. The molecule has 1 unspecified atom stereocenters. The highest BCUT2D eigenvalue weighted by atomic mass is 19.1. The summed E-state index contributed by atoms with van der Waals surface area (Å²) < 4.78 is 9.50. The van der Waals surface area contributed by atoms with Gasteiger partial charge < -0.3 is 4.90 Å². The van der Waals surface area contributed by atoms with Gasteiger partial charge in [0, 0.05) is 0 Å². The number of rotatable bonds is 14. The fourth-order valence-electron chi connectivity index (χ4n) is 3.78. The molecule has 0 aliphatic rings. The van der Waals surface area contributed by atoms with Crippen LogP contribution in [-0.4, -0.2) is 31.7 Å². The zero-order valence-electron chi connectivity index (χ0n) is 19.4. The maximum atomic E-state index is 9.50. The second-order valence-electron chi connectivity index (χ2n) is 6.99. The van der Waals surface area contributed by atoms with Gasteiger partial charge in [-0.1, -0.05) is 81.1 Å². The standard InChI is InChI=1S/C20H43N.C2H6.CH3F/c1-7-15-20(10-4,11-5)16-13-19(9-3)14-18-21(12-6)17-8-2;2*1-2/h19H,7-18H2,1-6H3;1-2H3;1H3. The molecule has 1 atom stereocenters. The molecule has 0 radical (unpaired) electrons. The predicted octanol–water partition coefficient (Wildman–Crippen LogP) is 8.13. The van der Waals surface area contributed by atoms with E-state index in [9.17, 15) is 4.39 Å². The van der Waals surface area contributed by atoms with Gasteiger partial charge in [-0.3, -0.25) is 4.39 Å². The Bertz CT molecular complexity index is 226. The SMILES string of the molecule is CC.CCCN(CC)CCC(CC)CCC(CC)(CC)CCC.CF. The molecule has 0 bridgehead atoms. The second-order valence-corrected chi connectivity index (χ2v) is 6.99. The van der Waals surface area contributed by atoms with Crippen molar-refractivity contribution in [3.63, 3.8) is 0 Å². The van der Waals surface area contributed by atoms with Crippen molar-refractivity contribution in [2.75, 3.05) is 26.8 Å². The largest absolute Gasteiger partial charge is 0.304 e. The molecular weight excluding hydrogens is 309 g/mol. The Morgan fingerprint density at radius 2 is 1.32 bits per heavy atom. The van der Waals surface area contributed by atoms with E-state index in [1.54, 1.807) is 0 Å². The van der Waals surface area contributed by atoms with Crippen molar-refractivity contribution in [2.45, 2.75) is 113 Å². The number of hydrogen-bond donors (Lipinski definition) is 0. The molecule has 0 rings (SSSR count). The van der Waals surface area contributed by atoms with Crippen molar-refractivity contribution in [1.29, 1.82) is 0 Å². The summed E-state index contributed by atoms with van der Waals surface area (Å²) in [5.41, 5.74) is 0.635. The maximum absolute atomic E-state index is 9.50. The lowest BCUT2D eigenvalue weighted by atomic mass is 9.73. The summed E-state index contributed by atoms with van der Waals surface area (Å²) in [6, 6.07) is 0. The van der Waals surface area contributed by atoms with Crippen LogP contribution in [0.1, 0.15) is 113 Å². The first-order chi connectivity index (χ1) is 12.1. The summed E-state index contributed by atoms with van der Waals surface area (Å²) in [5.74, 6) is 0.935. The predicted molar refractivity (Wildman–Crippen MR) is 116 cm³/mol. The fourth-order valence-corrected chi connectivity index (χ4v) is 3.78. The molecule has 0 aromatic carbocycles. The third-order valence-corrected chi connectivity index (χ3v) is 5.78. The Kier molecular flexibility index (Phi) is 26.0. The Hall–Kier alpha value is -0.110. The van der Waals surface area contributed by atoms with E-state index in [-0.39, 0.29) is 0 Å². The molecule has 0 saturated heterocycles. The van der Waals surface area contributed by atoms with Crippen LogP contribution in [0.15, 0.2) is 0 Å². The molecule has 0 aliphatic heterocycles. The Labute approximate surface area is 161 Å². The molecule has 0 saturated carbocycles. The van der Waals surface area contributed by atoms with E-state index in [2.05, 4.69) is 46.4 Å². The van der Waals surface area contributed by atoms with Crippen molar-refractivity contribution in [2.24, 2.45) is 11.3 Å². The zero-order valence-corrected chi connectivity index (χ0v) is 19.4. The minimum Gasteiger partial charge on any atom is -0.304 e. The summed E-state index contributed by atoms with van der Waals surface area (Å²) in [4.78, 5) is 2.63. The molecule has 1 nitrogen and oxygen atoms in total. The first-order valence-electron chi connectivity index (χ1n) is 11.2. The van der Waals surface area contributed by atoms with Gasteiger partial charge in [-0.2, -0.15) is 0 Å². The zero-order chi connectivity index (χ0) is 20.1. The van der Waals surface area contributed by atoms with Gasteiger partial charge in [0.15, 0.2) is 0 Å². The van der Waals surface area contributed by atoms with E-state index in [0.29, 0.717) is 12.6 Å². The summed E-state index contributed by atoms with van der Waals surface area (Å²) in [7, 11) is 0.500. The third-order valence-electron chi connectivity index (χ3n) is 5.78. The summed E-state index contributed by atoms with van der Waals surface area (Å²) >= 11 is 0. The van der Waals surface area contributed by atoms with Crippen LogP contribution >= 0.6 is 0 Å². The lowest BCUT2D eigenvalue weighted by Gasteiger charge is -2.33. The number of nitrogens with zero attached hydrogens (tertiary/aromatic N) is 1. The Morgan fingerprint density at radius 1 is 0.760 bits per heavy atom. The average molecular weight is 362 g/mol. The first kappa shape index (κ1) is 29.6. The summed E-state index contributed by atoms with van der Waals surface area (Å²) in [6.07, 6.45) is 12.4. The van der Waals surface area contributed by atoms with Crippen molar-refractivity contribution in [3.8, 4) is 0 Å². The van der Waals surface area contributed by atoms with E-state index >= 15 is 0 Å². The highest BCUT2D eigenvalue weighted by molar-refractivity contribution is 4.77. The topological polar surface area (TPSA) is 3.24 Å². The van der Waals surface area contributed by atoms with Crippen LogP contribution in [0.3, 0.4) is 0 Å². The van der Waals surface area contributed by atoms with E-state index in [4.69, 9.17) is 0 Å². The first-order valence-corrected chi connectivity index (χ1v) is 11.2. The normalized spacial score (nSPS) is 12.1. The fraction of sp³-hybridized carbons (Fsp3) is 1.00. The van der Waals surface area contributed by atoms with Crippen LogP contribution < -0.4 is 0 Å². The van der Waals surface area contributed by atoms with Crippen LogP contribution in [0.2, 0.25) is 0 Å². The van der Waals surface area contributed by atoms with Gasteiger partial charge in [0.25, 0.3) is 0 Å². The smallest absolute Gasteiger partial charge is 0.0785 e. The van der Waals surface area contributed by atoms with Crippen molar-refractivity contribution >= 4 is 0 Å². The van der Waals surface area contributed by atoms with Crippen LogP contribution in [0.5, 0.6) is 0 Å². The lowest BCUT2D eigenvalue weighted by molar-refractivity contribution is 0.184. The van der Waals surface area contributed by atoms with Crippen LogP contribution in [0, 0.1) is 11.3 Å². The minimum absolute atomic E-state index is 0.500. The van der Waals surface area contributed by atoms with Gasteiger partial charge >= 0.3 is 0 Å². The second kappa shape index (κ2) is 21.9. The molecule has 2 heteroatoms. The molecule has 0 N–H and O–H groups in total. The summed E-state index contributed by atoms with van der Waals surface area (Å²) in [6.45, 7) is 21.9. The lowest BCUT2D eigenvalue weighted by Crippen LogP contribution is -2.27. The van der Waals surface area contributed by atoms with Crippen molar-refractivity contribution in [1.82, 2.24) is 4.90 Å². The quantitative estimate of drug-likeness (QED) is 0.302. The third kappa shape index (κ3) is 14.7. The van der Waals surface area contributed by atoms with E-state index in [0.717, 1.165) is 5.92 Å². The van der Waals surface area contributed by atoms with E-state index in [1.807, 2.05) is 13.8 Å². The molecule has 0 fully saturated rings. The highest BCUT2D eigenvalue weighted by Gasteiger charge is 2.25. The monoisotopic (exact) mass is 361 g/mol. The maximum Gasteiger partial charge on any atom is 0.0785 e. The van der Waals surface area contributed by atoms with Crippen LogP contribution in [-0.2, 0) is 0 Å². The molecule has 0 aliphatic carbocycles. The van der Waals surface area contributed by atoms with Gasteiger partial charge in [0.1, 0.15) is 0 Å². The molecule has 0 spiro atoms. The summed E-state index contributed by atoms with van der Waals surface area (Å²) in [5, 5.41) is 0. The minimum atomic E-state index is 0.500. The average Bonchev–Trinajstić information content (AvgIpc) is 2.69. The van der Waals surface area contributed by atoms with Gasteiger partial charge in [-0.05, 0) is 63.1 Å². The Balaban J connectivity index is -0.00000112. The van der Waals surface area contributed by atoms with E-state index < -0.39 is 0 Å². The van der Waals surface area contributed by atoms with Crippen LogP contribution in [0.25, 0.3) is 0 Å². The van der Waals surface area contributed by atoms with E-state index in [1.165, 1.54) is 77.4 Å². The molecule has 25 heavy (non-hydrogen) atoms. The van der Waals surface area contributed by atoms with Crippen molar-refractivity contribution in [3.05, 3.63) is 0 Å². The number of alkyl halides is 1. The van der Waals surface area contributed by atoms with Gasteiger partial charge in [-0.25, -0.2) is 0 Å². The van der Waals surface area contributed by atoms with Gasteiger partial charge in [0.05, 0.1) is 7.18 Å². The molecule has 0 heterocycles. The van der Waals surface area contributed by atoms with Gasteiger partial charge in [0.2, 0.25) is 0 Å². The van der Waals surface area contributed by atoms with Gasteiger partial charge in [-0.15, -0.1) is 0 Å². The van der Waals surface area contributed by atoms with Crippen LogP contribution in [0.4, 0.5) is 4.39 Å². The molecule has 156 valence electrons. The molecule has 0 aromatic rings. The number of hydrogen-bond acceptors (Lipinski definition) is 1.